The molecule has 3 aromatic carbocycles. The van der Waals surface area contributed by atoms with Crippen LogP contribution in [0.3, 0.4) is 0 Å². The Balaban J connectivity index is 1.72. The number of nitro groups is 1. The molecule has 1 amide bonds. The normalized spacial score (nSPS) is 10.9. The highest BCUT2D eigenvalue weighted by atomic mass is 16.6. The van der Waals surface area contributed by atoms with Gasteiger partial charge in [0.2, 0.25) is 0 Å². The van der Waals surface area contributed by atoms with Crippen LogP contribution in [0.4, 0.5) is 5.69 Å². The van der Waals surface area contributed by atoms with Crippen LogP contribution in [0.1, 0.15) is 21.6 Å². The van der Waals surface area contributed by atoms with Gasteiger partial charge in [0, 0.05) is 35.0 Å². The molecule has 0 aliphatic rings. The first-order chi connectivity index (χ1) is 15.5. The molecule has 4 aromatic rings. The standard InChI is InChI=1S/C25H20N4O3/c1-18-23(16-17-26-25(30)20-10-6-3-7-11-20)24(19-8-4-2-5-9-19)28(27-18)21-12-14-22(15-13-21)29(31)32/h2-17H,1H3,(H,26,30)/b17-16+. The number of rotatable bonds is 6. The molecule has 0 atom stereocenters. The molecule has 32 heavy (non-hydrogen) atoms. The van der Waals surface area contributed by atoms with Crippen molar-refractivity contribution in [1.29, 1.82) is 0 Å². The summed E-state index contributed by atoms with van der Waals surface area (Å²) in [7, 11) is 0. The van der Waals surface area contributed by atoms with E-state index < -0.39 is 4.92 Å². The Morgan fingerprint density at radius 3 is 2.22 bits per heavy atom. The van der Waals surface area contributed by atoms with Gasteiger partial charge in [0.05, 0.1) is 22.0 Å². The quantitative estimate of drug-likeness (QED) is 0.342. The van der Waals surface area contributed by atoms with E-state index in [-0.39, 0.29) is 11.6 Å². The van der Waals surface area contributed by atoms with Crippen molar-refractivity contribution in [2.24, 2.45) is 0 Å². The van der Waals surface area contributed by atoms with Crippen LogP contribution >= 0.6 is 0 Å². The second kappa shape index (κ2) is 9.09. The molecule has 0 saturated carbocycles. The van der Waals surface area contributed by atoms with Crippen LogP contribution in [-0.4, -0.2) is 20.6 Å². The zero-order chi connectivity index (χ0) is 22.5. The number of non-ortho nitro benzene ring substituents is 1. The smallest absolute Gasteiger partial charge is 0.269 e. The van der Waals surface area contributed by atoms with Gasteiger partial charge >= 0.3 is 0 Å². The van der Waals surface area contributed by atoms with Crippen LogP contribution in [0.15, 0.2) is 91.1 Å². The number of nitrogens with zero attached hydrogens (tertiary/aromatic N) is 3. The topological polar surface area (TPSA) is 90.1 Å². The van der Waals surface area contributed by atoms with Gasteiger partial charge in [-0.25, -0.2) is 4.68 Å². The first-order valence-corrected chi connectivity index (χ1v) is 9.97. The van der Waals surface area contributed by atoms with Gasteiger partial charge in [0.25, 0.3) is 11.6 Å². The van der Waals surface area contributed by atoms with Gasteiger partial charge in [0.1, 0.15) is 0 Å². The van der Waals surface area contributed by atoms with E-state index >= 15 is 0 Å². The number of amides is 1. The molecule has 7 heteroatoms. The van der Waals surface area contributed by atoms with Gasteiger partial charge in [0.15, 0.2) is 0 Å². The lowest BCUT2D eigenvalue weighted by atomic mass is 10.1. The molecule has 0 spiro atoms. The molecule has 0 saturated heterocycles. The minimum absolute atomic E-state index is 0.0163. The number of carbonyl (C=O) groups excluding carboxylic acids is 1. The molecule has 0 aliphatic heterocycles. The van der Waals surface area contributed by atoms with Gasteiger partial charge in [-0.2, -0.15) is 5.10 Å². The van der Waals surface area contributed by atoms with Crippen LogP contribution in [0.25, 0.3) is 23.0 Å². The van der Waals surface area contributed by atoms with Crippen LogP contribution < -0.4 is 5.32 Å². The lowest BCUT2D eigenvalue weighted by Crippen LogP contribution is -2.16. The molecule has 1 N–H and O–H groups in total. The maximum atomic E-state index is 12.4. The minimum Gasteiger partial charge on any atom is -0.329 e. The summed E-state index contributed by atoms with van der Waals surface area (Å²) in [5, 5.41) is 18.5. The van der Waals surface area contributed by atoms with Crippen LogP contribution in [0, 0.1) is 17.0 Å². The molecule has 0 unspecified atom stereocenters. The number of nitro benzene ring substituents is 1. The fourth-order valence-electron chi connectivity index (χ4n) is 3.39. The summed E-state index contributed by atoms with van der Waals surface area (Å²) in [5.74, 6) is -0.205. The summed E-state index contributed by atoms with van der Waals surface area (Å²) in [6.07, 6.45) is 3.42. The fraction of sp³-hybridized carbons (Fsp3) is 0.0400. The third-order valence-corrected chi connectivity index (χ3v) is 4.96. The largest absolute Gasteiger partial charge is 0.329 e. The summed E-state index contributed by atoms with van der Waals surface area (Å²) < 4.78 is 1.76. The minimum atomic E-state index is -0.431. The summed E-state index contributed by atoms with van der Waals surface area (Å²) in [4.78, 5) is 22.9. The van der Waals surface area contributed by atoms with Gasteiger partial charge in [-0.05, 0) is 37.3 Å². The van der Waals surface area contributed by atoms with E-state index in [9.17, 15) is 14.9 Å². The van der Waals surface area contributed by atoms with E-state index in [2.05, 4.69) is 10.4 Å². The Bertz CT molecular complexity index is 1280. The maximum absolute atomic E-state index is 12.4. The van der Waals surface area contributed by atoms with Crippen molar-refractivity contribution in [3.63, 3.8) is 0 Å². The lowest BCUT2D eigenvalue weighted by Gasteiger charge is -2.09. The summed E-state index contributed by atoms with van der Waals surface area (Å²) in [6.45, 7) is 1.88. The average Bonchev–Trinajstić information content (AvgIpc) is 3.16. The second-order valence-electron chi connectivity index (χ2n) is 7.07. The fourth-order valence-corrected chi connectivity index (χ4v) is 3.39. The van der Waals surface area contributed by atoms with Crippen molar-refractivity contribution >= 4 is 17.7 Å². The van der Waals surface area contributed by atoms with E-state index in [1.807, 2.05) is 61.5 Å². The van der Waals surface area contributed by atoms with Gasteiger partial charge in [-0.3, -0.25) is 14.9 Å². The van der Waals surface area contributed by atoms with Crippen molar-refractivity contribution in [3.8, 4) is 16.9 Å². The zero-order valence-electron chi connectivity index (χ0n) is 17.3. The molecule has 0 bridgehead atoms. The summed E-state index contributed by atoms with van der Waals surface area (Å²) >= 11 is 0. The molecule has 0 radical (unpaired) electrons. The van der Waals surface area contributed by atoms with Gasteiger partial charge in [-0.1, -0.05) is 48.5 Å². The number of aromatic nitrogens is 2. The molecule has 1 aromatic heterocycles. The molecule has 7 nitrogen and oxygen atoms in total. The van der Waals surface area contributed by atoms with Crippen molar-refractivity contribution < 1.29 is 9.72 Å². The van der Waals surface area contributed by atoms with E-state index in [0.717, 1.165) is 22.5 Å². The molecular weight excluding hydrogens is 404 g/mol. The Morgan fingerprint density at radius 1 is 0.969 bits per heavy atom. The highest BCUT2D eigenvalue weighted by Crippen LogP contribution is 2.30. The highest BCUT2D eigenvalue weighted by Gasteiger charge is 2.17. The average molecular weight is 424 g/mol. The highest BCUT2D eigenvalue weighted by molar-refractivity contribution is 5.95. The number of carbonyl (C=O) groups is 1. The molecule has 1 heterocycles. The first-order valence-electron chi connectivity index (χ1n) is 9.97. The maximum Gasteiger partial charge on any atom is 0.269 e. The lowest BCUT2D eigenvalue weighted by molar-refractivity contribution is -0.384. The van der Waals surface area contributed by atoms with E-state index in [4.69, 9.17) is 0 Å². The van der Waals surface area contributed by atoms with E-state index in [1.54, 1.807) is 35.1 Å². The SMILES string of the molecule is Cc1nn(-c2ccc([N+](=O)[O-])cc2)c(-c2ccccc2)c1/C=C/NC(=O)c1ccccc1. The summed E-state index contributed by atoms with van der Waals surface area (Å²) in [5.41, 5.74) is 4.63. The number of hydrogen-bond acceptors (Lipinski definition) is 4. The number of benzene rings is 3. The Morgan fingerprint density at radius 2 is 1.59 bits per heavy atom. The Labute approximate surface area is 184 Å². The van der Waals surface area contributed by atoms with Gasteiger partial charge in [-0.15, -0.1) is 0 Å². The molecular formula is C25H20N4O3. The first kappa shape index (κ1) is 20.7. The van der Waals surface area contributed by atoms with Crippen molar-refractivity contribution in [1.82, 2.24) is 15.1 Å². The van der Waals surface area contributed by atoms with E-state index in [1.165, 1.54) is 12.1 Å². The van der Waals surface area contributed by atoms with Crippen LogP contribution in [-0.2, 0) is 0 Å². The number of aryl methyl sites for hydroxylation is 1. The number of hydrogen-bond donors (Lipinski definition) is 1. The molecule has 4 rings (SSSR count). The summed E-state index contributed by atoms with van der Waals surface area (Å²) in [6, 6.07) is 25.0. The van der Waals surface area contributed by atoms with Crippen LogP contribution in [0.2, 0.25) is 0 Å². The third-order valence-electron chi connectivity index (χ3n) is 4.96. The van der Waals surface area contributed by atoms with Crippen molar-refractivity contribution in [2.45, 2.75) is 6.92 Å². The number of nitrogens with one attached hydrogen (secondary N) is 1. The predicted octanol–water partition coefficient (Wildman–Crippen LogP) is 5.16. The molecule has 0 aliphatic carbocycles. The van der Waals surface area contributed by atoms with Crippen molar-refractivity contribution in [2.75, 3.05) is 0 Å². The monoisotopic (exact) mass is 424 g/mol. The molecule has 158 valence electrons. The molecule has 0 fully saturated rings. The predicted molar refractivity (Wildman–Crippen MR) is 123 cm³/mol. The van der Waals surface area contributed by atoms with Crippen LogP contribution in [0.5, 0.6) is 0 Å². The van der Waals surface area contributed by atoms with Gasteiger partial charge < -0.3 is 5.32 Å². The van der Waals surface area contributed by atoms with Crippen molar-refractivity contribution in [3.05, 3.63) is 118 Å². The third kappa shape index (κ3) is 4.32. The van der Waals surface area contributed by atoms with E-state index in [0.29, 0.717) is 11.3 Å². The Kier molecular flexibility index (Phi) is 5.89. The second-order valence-corrected chi connectivity index (χ2v) is 7.07. The zero-order valence-corrected chi connectivity index (χ0v) is 17.3. The Hall–Kier alpha value is -4.52.